The molecule has 1 amide bonds. The average molecular weight is 445 g/mol. The number of anilines is 1. The number of benzene rings is 2. The highest BCUT2D eigenvalue weighted by atomic mass is 32.2. The number of amides is 1. The molecule has 0 radical (unpaired) electrons. The number of ether oxygens (including phenoxy) is 1. The van der Waals surface area contributed by atoms with Crippen LogP contribution in [0.5, 0.6) is 0 Å². The van der Waals surface area contributed by atoms with Crippen LogP contribution in [0.1, 0.15) is 43.7 Å². The maximum Gasteiger partial charge on any atom is 0.324 e. The van der Waals surface area contributed by atoms with Crippen LogP contribution < -0.4 is 5.32 Å². The van der Waals surface area contributed by atoms with E-state index in [4.69, 9.17) is 4.74 Å². The Hall–Kier alpha value is -2.71. The van der Waals surface area contributed by atoms with E-state index in [1.807, 2.05) is 19.1 Å². The maximum absolute atomic E-state index is 13.0. The van der Waals surface area contributed by atoms with E-state index in [1.165, 1.54) is 16.4 Å². The number of sulfonamides is 1. The van der Waals surface area contributed by atoms with E-state index < -0.39 is 34.5 Å². The Morgan fingerprint density at radius 3 is 2.35 bits per heavy atom. The first-order valence-electron chi connectivity index (χ1n) is 10.3. The van der Waals surface area contributed by atoms with Gasteiger partial charge in [0.2, 0.25) is 10.0 Å². The molecule has 1 atom stereocenters. The number of nitrogens with one attached hydrogen (secondary N) is 1. The van der Waals surface area contributed by atoms with Gasteiger partial charge in [0, 0.05) is 12.2 Å². The summed E-state index contributed by atoms with van der Waals surface area (Å²) in [6, 6.07) is 13.0. The number of esters is 1. The summed E-state index contributed by atoms with van der Waals surface area (Å²) >= 11 is 0. The van der Waals surface area contributed by atoms with Gasteiger partial charge < -0.3 is 10.1 Å². The second kappa shape index (κ2) is 9.62. The number of hydrogen-bond acceptors (Lipinski definition) is 5. The van der Waals surface area contributed by atoms with Gasteiger partial charge in [-0.2, -0.15) is 4.31 Å². The third-order valence-corrected chi connectivity index (χ3v) is 7.23. The quantitative estimate of drug-likeness (QED) is 0.661. The zero-order valence-electron chi connectivity index (χ0n) is 18.0. The van der Waals surface area contributed by atoms with E-state index in [1.54, 1.807) is 24.3 Å². The van der Waals surface area contributed by atoms with Gasteiger partial charge in [-0.05, 0) is 55.5 Å². The predicted molar refractivity (Wildman–Crippen MR) is 118 cm³/mol. The number of nitrogens with zero attached hydrogens (tertiary/aromatic N) is 1. The number of carbonyl (C=O) groups is 2. The van der Waals surface area contributed by atoms with E-state index >= 15 is 0 Å². The smallest absolute Gasteiger partial charge is 0.324 e. The Morgan fingerprint density at radius 2 is 1.74 bits per heavy atom. The molecule has 0 saturated carbocycles. The molecular weight excluding hydrogens is 416 g/mol. The summed E-state index contributed by atoms with van der Waals surface area (Å²) in [6.45, 7) is 5.80. The molecule has 2 aromatic carbocycles. The number of carbonyl (C=O) groups excluding carboxylic acids is 2. The molecule has 31 heavy (non-hydrogen) atoms. The van der Waals surface area contributed by atoms with Gasteiger partial charge in [0.15, 0.2) is 6.61 Å². The summed E-state index contributed by atoms with van der Waals surface area (Å²) in [4.78, 5) is 24.9. The first-order valence-corrected chi connectivity index (χ1v) is 11.8. The van der Waals surface area contributed by atoms with Crippen LogP contribution >= 0.6 is 0 Å². The monoisotopic (exact) mass is 444 g/mol. The van der Waals surface area contributed by atoms with Crippen LogP contribution in [0.15, 0.2) is 53.4 Å². The van der Waals surface area contributed by atoms with Gasteiger partial charge in [0.25, 0.3) is 5.91 Å². The van der Waals surface area contributed by atoms with Gasteiger partial charge >= 0.3 is 5.97 Å². The highest BCUT2D eigenvalue weighted by molar-refractivity contribution is 7.89. The molecule has 3 rings (SSSR count). The standard InChI is InChI=1S/C23H28N2O5S/c1-16(2)18-8-10-19(11-9-18)24-22(26)15-30-23(27)21-5-4-14-25(21)31(28,29)20-12-6-17(3)7-13-20/h6-13,16,21H,4-5,14-15H2,1-3H3,(H,24,26)/t21-/m0/s1. The molecule has 0 aromatic heterocycles. The Bertz CT molecular complexity index is 1030. The van der Waals surface area contributed by atoms with E-state index in [9.17, 15) is 18.0 Å². The Balaban J connectivity index is 1.59. The fraction of sp³-hybridized carbons (Fsp3) is 0.391. The van der Waals surface area contributed by atoms with Gasteiger partial charge in [-0.1, -0.05) is 43.7 Å². The molecule has 1 aliphatic rings. The molecular formula is C23H28N2O5S. The molecule has 1 saturated heterocycles. The normalized spacial score (nSPS) is 17.0. The molecule has 8 heteroatoms. The van der Waals surface area contributed by atoms with E-state index in [0.717, 1.165) is 11.1 Å². The minimum absolute atomic E-state index is 0.139. The van der Waals surface area contributed by atoms with Gasteiger partial charge in [-0.25, -0.2) is 8.42 Å². The first-order chi connectivity index (χ1) is 14.7. The van der Waals surface area contributed by atoms with Crippen molar-refractivity contribution in [3.05, 3.63) is 59.7 Å². The van der Waals surface area contributed by atoms with Crippen molar-refractivity contribution in [2.24, 2.45) is 0 Å². The van der Waals surface area contributed by atoms with Crippen molar-refractivity contribution >= 4 is 27.6 Å². The van der Waals surface area contributed by atoms with Crippen LogP contribution in [-0.4, -0.2) is 43.8 Å². The second-order valence-electron chi connectivity index (χ2n) is 8.02. The predicted octanol–water partition coefficient (Wildman–Crippen LogP) is 3.45. The maximum atomic E-state index is 13.0. The molecule has 2 aromatic rings. The summed E-state index contributed by atoms with van der Waals surface area (Å²) in [7, 11) is -3.82. The molecule has 166 valence electrons. The van der Waals surface area contributed by atoms with E-state index in [0.29, 0.717) is 24.4 Å². The number of aryl methyl sites for hydroxylation is 1. The van der Waals surface area contributed by atoms with E-state index in [-0.39, 0.29) is 11.4 Å². The third-order valence-electron chi connectivity index (χ3n) is 5.31. The van der Waals surface area contributed by atoms with Gasteiger partial charge in [0.05, 0.1) is 4.90 Å². The minimum Gasteiger partial charge on any atom is -0.454 e. The van der Waals surface area contributed by atoms with Crippen LogP contribution in [0.25, 0.3) is 0 Å². The van der Waals surface area contributed by atoms with E-state index in [2.05, 4.69) is 19.2 Å². The van der Waals surface area contributed by atoms with Crippen LogP contribution in [0.3, 0.4) is 0 Å². The molecule has 0 bridgehead atoms. The Kier molecular flexibility index (Phi) is 7.12. The van der Waals surface area contributed by atoms with Crippen molar-refractivity contribution in [2.45, 2.75) is 50.5 Å². The molecule has 1 aliphatic heterocycles. The molecule has 0 unspecified atom stereocenters. The fourth-order valence-electron chi connectivity index (χ4n) is 3.49. The van der Waals surface area contributed by atoms with Crippen LogP contribution in [0.4, 0.5) is 5.69 Å². The summed E-state index contributed by atoms with van der Waals surface area (Å²) in [5.74, 6) is -0.800. The lowest BCUT2D eigenvalue weighted by molar-refractivity contribution is -0.150. The summed E-state index contributed by atoms with van der Waals surface area (Å²) in [5, 5.41) is 2.68. The van der Waals surface area contributed by atoms with Gasteiger partial charge in [0.1, 0.15) is 6.04 Å². The summed E-state index contributed by atoms with van der Waals surface area (Å²) < 4.78 is 32.2. The lowest BCUT2D eigenvalue weighted by Gasteiger charge is -2.22. The largest absolute Gasteiger partial charge is 0.454 e. The molecule has 0 aliphatic carbocycles. The van der Waals surface area contributed by atoms with Crippen molar-refractivity contribution in [3.8, 4) is 0 Å². The van der Waals surface area contributed by atoms with Crippen molar-refractivity contribution < 1.29 is 22.7 Å². The molecule has 0 spiro atoms. The van der Waals surface area contributed by atoms with Crippen molar-refractivity contribution in [1.82, 2.24) is 4.31 Å². The highest BCUT2D eigenvalue weighted by Gasteiger charge is 2.40. The van der Waals surface area contributed by atoms with Crippen molar-refractivity contribution in [2.75, 3.05) is 18.5 Å². The van der Waals surface area contributed by atoms with Gasteiger partial charge in [-0.3, -0.25) is 9.59 Å². The molecule has 1 heterocycles. The Labute approximate surface area is 183 Å². The van der Waals surface area contributed by atoms with Gasteiger partial charge in [-0.15, -0.1) is 0 Å². The summed E-state index contributed by atoms with van der Waals surface area (Å²) in [5.41, 5.74) is 2.71. The highest BCUT2D eigenvalue weighted by Crippen LogP contribution is 2.27. The SMILES string of the molecule is Cc1ccc(S(=O)(=O)N2CCC[C@H]2C(=O)OCC(=O)Nc2ccc(C(C)C)cc2)cc1. The van der Waals surface area contributed by atoms with Crippen LogP contribution in [0.2, 0.25) is 0 Å². The second-order valence-corrected chi connectivity index (χ2v) is 9.91. The van der Waals surface area contributed by atoms with Crippen LogP contribution in [-0.2, 0) is 24.3 Å². The number of rotatable bonds is 7. The fourth-order valence-corrected chi connectivity index (χ4v) is 5.14. The van der Waals surface area contributed by atoms with Crippen molar-refractivity contribution in [1.29, 1.82) is 0 Å². The lowest BCUT2D eigenvalue weighted by Crippen LogP contribution is -2.42. The number of hydrogen-bond donors (Lipinski definition) is 1. The minimum atomic E-state index is -3.82. The zero-order valence-corrected chi connectivity index (χ0v) is 18.8. The summed E-state index contributed by atoms with van der Waals surface area (Å²) in [6.07, 6.45) is 0.918. The topological polar surface area (TPSA) is 92.8 Å². The lowest BCUT2D eigenvalue weighted by atomic mass is 10.0. The first kappa shape index (κ1) is 23.0. The zero-order chi connectivity index (χ0) is 22.6. The average Bonchev–Trinajstić information content (AvgIpc) is 3.24. The third kappa shape index (κ3) is 5.51. The van der Waals surface area contributed by atoms with Crippen molar-refractivity contribution in [3.63, 3.8) is 0 Å². The Morgan fingerprint density at radius 1 is 1.10 bits per heavy atom. The van der Waals surface area contributed by atoms with Crippen LogP contribution in [0, 0.1) is 6.92 Å². The molecule has 7 nitrogen and oxygen atoms in total. The molecule has 1 fully saturated rings. The molecule has 1 N–H and O–H groups in total.